The topological polar surface area (TPSA) is 48.3 Å². The van der Waals surface area contributed by atoms with E-state index in [9.17, 15) is 9.59 Å². The number of aromatic nitrogens is 1. The first-order valence-electron chi connectivity index (χ1n) is 3.76. The summed E-state index contributed by atoms with van der Waals surface area (Å²) in [6, 6.07) is 3.25. The molecular weight excluding hydrogens is 170 g/mol. The van der Waals surface area contributed by atoms with Crippen LogP contribution in [0.5, 0.6) is 0 Å². The normalized spacial score (nSPS) is 15.3. The number of methoxy groups -OCH3 is 1. The second-order valence-electron chi connectivity index (χ2n) is 2.65. The minimum Gasteiger partial charge on any atom is -0.491 e. The van der Waals surface area contributed by atoms with E-state index < -0.39 is 0 Å². The molecule has 0 fully saturated rings. The highest BCUT2D eigenvalue weighted by Gasteiger charge is 2.24. The fourth-order valence-electron chi connectivity index (χ4n) is 1.28. The van der Waals surface area contributed by atoms with Crippen molar-refractivity contribution in [3.8, 4) is 0 Å². The van der Waals surface area contributed by atoms with E-state index in [1.807, 2.05) is 0 Å². The number of hydrogen-bond acceptors (Lipinski definition) is 3. The molecule has 2 rings (SSSR count). The van der Waals surface area contributed by atoms with Crippen molar-refractivity contribution in [2.75, 3.05) is 7.11 Å². The van der Waals surface area contributed by atoms with Crippen LogP contribution in [-0.2, 0) is 4.74 Å². The van der Waals surface area contributed by atoms with Crippen LogP contribution in [0.2, 0.25) is 0 Å². The summed E-state index contributed by atoms with van der Waals surface area (Å²) in [5.74, 6) is -0.433. The highest BCUT2D eigenvalue weighted by molar-refractivity contribution is 6.14. The standard InChI is InChI=1S/C9H7NO3/c1-13-8-5-7(11)6-3-2-4-10(6)9(8)12/h2-5H,1H3. The van der Waals surface area contributed by atoms with E-state index in [1.54, 1.807) is 18.3 Å². The summed E-state index contributed by atoms with van der Waals surface area (Å²) in [6.45, 7) is 0. The summed E-state index contributed by atoms with van der Waals surface area (Å²) in [5, 5.41) is 0. The number of ketones is 1. The average molecular weight is 177 g/mol. The third-order valence-corrected chi connectivity index (χ3v) is 1.91. The van der Waals surface area contributed by atoms with Crippen LogP contribution in [0.1, 0.15) is 15.3 Å². The molecule has 0 bridgehead atoms. The van der Waals surface area contributed by atoms with E-state index in [-0.39, 0.29) is 17.4 Å². The van der Waals surface area contributed by atoms with E-state index in [1.165, 1.54) is 17.8 Å². The zero-order chi connectivity index (χ0) is 9.42. The van der Waals surface area contributed by atoms with E-state index >= 15 is 0 Å². The van der Waals surface area contributed by atoms with E-state index in [0.717, 1.165) is 0 Å². The van der Waals surface area contributed by atoms with Crippen molar-refractivity contribution in [1.82, 2.24) is 4.57 Å². The van der Waals surface area contributed by atoms with Gasteiger partial charge in [-0.25, -0.2) is 0 Å². The van der Waals surface area contributed by atoms with Crippen molar-refractivity contribution >= 4 is 11.7 Å². The maximum atomic E-state index is 11.5. The molecule has 0 aliphatic carbocycles. The SMILES string of the molecule is COC1=CC(=O)c2cccn2C1=O. The molecule has 0 saturated carbocycles. The maximum absolute atomic E-state index is 11.5. The summed E-state index contributed by atoms with van der Waals surface area (Å²) >= 11 is 0. The van der Waals surface area contributed by atoms with Gasteiger partial charge in [0, 0.05) is 12.3 Å². The number of carbonyl (C=O) groups is 2. The van der Waals surface area contributed by atoms with Gasteiger partial charge in [0.05, 0.1) is 12.8 Å². The van der Waals surface area contributed by atoms with Crippen molar-refractivity contribution in [2.45, 2.75) is 0 Å². The first-order chi connectivity index (χ1) is 6.24. The largest absolute Gasteiger partial charge is 0.491 e. The summed E-state index contributed by atoms with van der Waals surface area (Å²) in [4.78, 5) is 22.8. The van der Waals surface area contributed by atoms with Gasteiger partial charge < -0.3 is 4.74 Å². The molecule has 0 amide bonds. The number of allylic oxidation sites excluding steroid dienone is 2. The molecule has 0 unspecified atom stereocenters. The van der Waals surface area contributed by atoms with Crippen LogP contribution < -0.4 is 0 Å². The molecule has 4 heteroatoms. The first-order valence-corrected chi connectivity index (χ1v) is 3.76. The Labute approximate surface area is 74.4 Å². The smallest absolute Gasteiger partial charge is 0.297 e. The van der Waals surface area contributed by atoms with Crippen LogP contribution in [0.4, 0.5) is 0 Å². The zero-order valence-corrected chi connectivity index (χ0v) is 6.98. The lowest BCUT2D eigenvalue weighted by Crippen LogP contribution is -2.23. The van der Waals surface area contributed by atoms with Gasteiger partial charge in [0.25, 0.3) is 5.91 Å². The number of carbonyl (C=O) groups excluding carboxylic acids is 2. The Balaban J connectivity index is 2.58. The van der Waals surface area contributed by atoms with Gasteiger partial charge in [0.15, 0.2) is 5.76 Å². The molecule has 1 aliphatic heterocycles. The van der Waals surface area contributed by atoms with Gasteiger partial charge >= 0.3 is 0 Å². The molecule has 0 atom stereocenters. The third kappa shape index (κ3) is 0.989. The molecular formula is C9H7NO3. The zero-order valence-electron chi connectivity index (χ0n) is 6.98. The Morgan fingerprint density at radius 1 is 1.38 bits per heavy atom. The molecule has 0 saturated heterocycles. The fourth-order valence-corrected chi connectivity index (χ4v) is 1.28. The molecule has 0 spiro atoms. The Kier molecular flexibility index (Phi) is 1.55. The van der Waals surface area contributed by atoms with Crippen LogP contribution >= 0.6 is 0 Å². The Bertz CT molecular complexity index is 414. The van der Waals surface area contributed by atoms with E-state index in [0.29, 0.717) is 5.69 Å². The van der Waals surface area contributed by atoms with Crippen LogP contribution in [0.15, 0.2) is 30.2 Å². The highest BCUT2D eigenvalue weighted by Crippen LogP contribution is 2.15. The molecule has 0 radical (unpaired) electrons. The maximum Gasteiger partial charge on any atom is 0.297 e. The molecule has 1 aromatic heterocycles. The number of ether oxygens (including phenoxy) is 1. The minimum absolute atomic E-state index is 0.0775. The molecule has 1 aromatic rings. The molecule has 4 nitrogen and oxygen atoms in total. The van der Waals surface area contributed by atoms with E-state index in [2.05, 4.69) is 0 Å². The number of nitrogens with zero attached hydrogens (tertiary/aromatic N) is 1. The van der Waals surface area contributed by atoms with Crippen molar-refractivity contribution in [3.63, 3.8) is 0 Å². The molecule has 0 aromatic carbocycles. The Morgan fingerprint density at radius 3 is 2.85 bits per heavy atom. The first kappa shape index (κ1) is 7.79. The lowest BCUT2D eigenvalue weighted by atomic mass is 10.2. The summed E-state index contributed by atoms with van der Waals surface area (Å²) in [5.41, 5.74) is 0.380. The van der Waals surface area contributed by atoms with Crippen LogP contribution in [0.25, 0.3) is 0 Å². The van der Waals surface area contributed by atoms with Gasteiger partial charge in [-0.1, -0.05) is 0 Å². The third-order valence-electron chi connectivity index (χ3n) is 1.91. The Morgan fingerprint density at radius 2 is 2.15 bits per heavy atom. The second-order valence-corrected chi connectivity index (χ2v) is 2.65. The minimum atomic E-state index is -0.304. The molecule has 13 heavy (non-hydrogen) atoms. The van der Waals surface area contributed by atoms with E-state index in [4.69, 9.17) is 4.74 Å². The Hall–Kier alpha value is -1.84. The number of fused-ring (bicyclic) bond motifs is 1. The summed E-state index contributed by atoms with van der Waals surface area (Å²) in [6.07, 6.45) is 2.75. The summed E-state index contributed by atoms with van der Waals surface area (Å²) in [7, 11) is 1.37. The predicted octanol–water partition coefficient (Wildman–Crippen LogP) is 0.855. The van der Waals surface area contributed by atoms with Crippen LogP contribution in [0, 0.1) is 0 Å². The van der Waals surface area contributed by atoms with Gasteiger partial charge in [0.2, 0.25) is 5.78 Å². The molecule has 66 valence electrons. The highest BCUT2D eigenvalue weighted by atomic mass is 16.5. The predicted molar refractivity (Wildman–Crippen MR) is 44.5 cm³/mol. The van der Waals surface area contributed by atoms with Gasteiger partial charge in [-0.15, -0.1) is 0 Å². The quantitative estimate of drug-likeness (QED) is 0.639. The second kappa shape index (κ2) is 2.58. The lowest BCUT2D eigenvalue weighted by molar-refractivity contribution is 0.0833. The van der Waals surface area contributed by atoms with Crippen molar-refractivity contribution in [1.29, 1.82) is 0 Å². The fraction of sp³-hybridized carbons (Fsp3) is 0.111. The number of hydrogen-bond donors (Lipinski definition) is 0. The average Bonchev–Trinajstić information content (AvgIpc) is 2.60. The van der Waals surface area contributed by atoms with Crippen molar-refractivity contribution in [3.05, 3.63) is 35.9 Å². The molecule has 0 N–H and O–H groups in total. The molecule has 2 heterocycles. The lowest BCUT2D eigenvalue weighted by Gasteiger charge is -2.12. The van der Waals surface area contributed by atoms with Crippen molar-refractivity contribution in [2.24, 2.45) is 0 Å². The van der Waals surface area contributed by atoms with Gasteiger partial charge in [-0.2, -0.15) is 0 Å². The van der Waals surface area contributed by atoms with Crippen LogP contribution in [-0.4, -0.2) is 23.4 Å². The van der Waals surface area contributed by atoms with Gasteiger partial charge in [-0.05, 0) is 12.1 Å². The summed E-state index contributed by atoms with van der Waals surface area (Å²) < 4.78 is 6.05. The van der Waals surface area contributed by atoms with Gasteiger partial charge in [-0.3, -0.25) is 14.2 Å². The molecule has 1 aliphatic rings. The van der Waals surface area contributed by atoms with Crippen LogP contribution in [0.3, 0.4) is 0 Å². The number of rotatable bonds is 1. The monoisotopic (exact) mass is 177 g/mol. The van der Waals surface area contributed by atoms with Gasteiger partial charge in [0.1, 0.15) is 0 Å². The van der Waals surface area contributed by atoms with Crippen molar-refractivity contribution < 1.29 is 14.3 Å².